The van der Waals surface area contributed by atoms with Crippen LogP contribution in [-0.4, -0.2) is 6.21 Å². The summed E-state index contributed by atoms with van der Waals surface area (Å²) in [6, 6.07) is 0. The molecule has 0 fully saturated rings. The molecule has 0 aliphatic carbocycles. The first kappa shape index (κ1) is 6.53. The molecular formula is C8H14N+. The lowest BCUT2D eigenvalue weighted by atomic mass is 9.85. The van der Waals surface area contributed by atoms with Gasteiger partial charge in [-0.25, -0.2) is 4.99 Å². The van der Waals surface area contributed by atoms with E-state index in [4.69, 9.17) is 0 Å². The molecule has 50 valence electrons. The van der Waals surface area contributed by atoms with Crippen LogP contribution in [0.15, 0.2) is 12.3 Å². The van der Waals surface area contributed by atoms with Crippen LogP contribution in [0.3, 0.4) is 0 Å². The molecule has 0 saturated carbocycles. The Bertz CT molecular complexity index is 127. The molecule has 0 aromatic carbocycles. The molecule has 0 aromatic heterocycles. The van der Waals surface area contributed by atoms with Crippen LogP contribution in [0.4, 0.5) is 0 Å². The number of hydrogen-bond donors (Lipinski definition) is 1. The summed E-state index contributed by atoms with van der Waals surface area (Å²) in [5.41, 5.74) is 0.361. The van der Waals surface area contributed by atoms with Gasteiger partial charge in [0.2, 0.25) is 0 Å². The second-order valence-corrected chi connectivity index (χ2v) is 2.58. The summed E-state index contributed by atoms with van der Waals surface area (Å²) >= 11 is 0. The summed E-state index contributed by atoms with van der Waals surface area (Å²) in [6.45, 7) is 4.44. The van der Waals surface area contributed by atoms with Gasteiger partial charge in [0, 0.05) is 0 Å². The molecule has 0 bridgehead atoms. The molecule has 1 heterocycles. The van der Waals surface area contributed by atoms with Gasteiger partial charge in [-0.1, -0.05) is 13.8 Å². The highest BCUT2D eigenvalue weighted by atomic mass is 14.7. The van der Waals surface area contributed by atoms with Gasteiger partial charge in [0.05, 0.1) is 5.41 Å². The van der Waals surface area contributed by atoms with Crippen molar-refractivity contribution in [2.24, 2.45) is 5.41 Å². The molecule has 1 nitrogen and oxygen atoms in total. The van der Waals surface area contributed by atoms with Crippen LogP contribution in [-0.2, 0) is 0 Å². The largest absolute Gasteiger partial charge is 0.221 e. The minimum Gasteiger partial charge on any atom is -0.221 e. The molecule has 0 aromatic rings. The zero-order valence-corrected chi connectivity index (χ0v) is 6.15. The molecule has 9 heavy (non-hydrogen) atoms. The van der Waals surface area contributed by atoms with Crippen molar-refractivity contribution >= 4 is 6.21 Å². The lowest BCUT2D eigenvalue weighted by Gasteiger charge is -2.14. The van der Waals surface area contributed by atoms with Crippen molar-refractivity contribution < 1.29 is 4.99 Å². The summed E-state index contributed by atoms with van der Waals surface area (Å²) in [7, 11) is 0. The van der Waals surface area contributed by atoms with Crippen LogP contribution in [0.25, 0.3) is 0 Å². The quantitative estimate of drug-likeness (QED) is 0.550. The third-order valence-corrected chi connectivity index (χ3v) is 2.20. The Morgan fingerprint density at radius 1 is 1.33 bits per heavy atom. The second-order valence-electron chi connectivity index (χ2n) is 2.58. The summed E-state index contributed by atoms with van der Waals surface area (Å²) < 4.78 is 0. The minimum absolute atomic E-state index is 0.361. The van der Waals surface area contributed by atoms with Crippen molar-refractivity contribution in [3.63, 3.8) is 0 Å². The average molecular weight is 124 g/mol. The Labute approximate surface area is 56.5 Å². The molecule has 1 aliphatic heterocycles. The van der Waals surface area contributed by atoms with Crippen molar-refractivity contribution in [1.82, 2.24) is 0 Å². The minimum atomic E-state index is 0.361. The van der Waals surface area contributed by atoms with Gasteiger partial charge in [-0.2, -0.15) is 0 Å². The number of rotatable bonds is 2. The van der Waals surface area contributed by atoms with Crippen LogP contribution in [0.5, 0.6) is 0 Å². The first-order valence-electron chi connectivity index (χ1n) is 3.61. The highest BCUT2D eigenvalue weighted by Gasteiger charge is 2.26. The van der Waals surface area contributed by atoms with E-state index in [-0.39, 0.29) is 0 Å². The fourth-order valence-electron chi connectivity index (χ4n) is 1.17. The van der Waals surface area contributed by atoms with E-state index >= 15 is 0 Å². The number of allylic oxidation sites excluding steroid dienone is 1. The number of hydrogen-bond acceptors (Lipinski definition) is 0. The molecule has 1 aliphatic rings. The first-order valence-corrected chi connectivity index (χ1v) is 3.61. The van der Waals surface area contributed by atoms with Crippen molar-refractivity contribution in [3.05, 3.63) is 12.3 Å². The van der Waals surface area contributed by atoms with E-state index in [2.05, 4.69) is 31.1 Å². The molecule has 0 atom stereocenters. The predicted octanol–water partition coefficient (Wildman–Crippen LogP) is 0.472. The monoisotopic (exact) mass is 124 g/mol. The van der Waals surface area contributed by atoms with Crippen molar-refractivity contribution in [3.8, 4) is 0 Å². The fourth-order valence-corrected chi connectivity index (χ4v) is 1.17. The average Bonchev–Trinajstić information content (AvgIpc) is 2.36. The molecular weight excluding hydrogens is 110 g/mol. The third-order valence-electron chi connectivity index (χ3n) is 2.20. The molecule has 1 rings (SSSR count). The lowest BCUT2D eigenvalue weighted by Crippen LogP contribution is -2.60. The van der Waals surface area contributed by atoms with Crippen molar-refractivity contribution in [1.29, 1.82) is 0 Å². The highest BCUT2D eigenvalue weighted by molar-refractivity contribution is 5.64. The lowest BCUT2D eigenvalue weighted by molar-refractivity contribution is -0.364. The smallest absolute Gasteiger partial charge is 0.163 e. The van der Waals surface area contributed by atoms with E-state index < -0.39 is 0 Å². The normalized spacial score (nSPS) is 21.1. The van der Waals surface area contributed by atoms with E-state index in [0.717, 1.165) is 0 Å². The molecule has 0 spiro atoms. The second kappa shape index (κ2) is 2.34. The van der Waals surface area contributed by atoms with Gasteiger partial charge in [0.25, 0.3) is 0 Å². The molecule has 0 amide bonds. The van der Waals surface area contributed by atoms with Crippen LogP contribution in [0.2, 0.25) is 0 Å². The molecule has 0 unspecified atom stereocenters. The van der Waals surface area contributed by atoms with Gasteiger partial charge in [0.1, 0.15) is 0 Å². The van der Waals surface area contributed by atoms with E-state index in [1.165, 1.54) is 12.8 Å². The van der Waals surface area contributed by atoms with E-state index in [1.807, 2.05) is 6.20 Å². The Balaban J connectivity index is 2.69. The molecule has 1 N–H and O–H groups in total. The number of nitrogens with one attached hydrogen (secondary N) is 1. The Morgan fingerprint density at radius 3 is 2.22 bits per heavy atom. The van der Waals surface area contributed by atoms with Gasteiger partial charge in [-0.3, -0.25) is 0 Å². The third kappa shape index (κ3) is 1.04. The summed E-state index contributed by atoms with van der Waals surface area (Å²) in [5.74, 6) is 0. The first-order chi connectivity index (χ1) is 4.33. The van der Waals surface area contributed by atoms with Gasteiger partial charge < -0.3 is 0 Å². The zero-order valence-electron chi connectivity index (χ0n) is 6.15. The topological polar surface area (TPSA) is 14.0 Å². The van der Waals surface area contributed by atoms with Gasteiger partial charge in [-0.05, 0) is 18.9 Å². The van der Waals surface area contributed by atoms with Crippen LogP contribution >= 0.6 is 0 Å². The van der Waals surface area contributed by atoms with Crippen LogP contribution in [0.1, 0.15) is 26.7 Å². The Hall–Kier alpha value is -0.590. The van der Waals surface area contributed by atoms with Crippen molar-refractivity contribution in [2.75, 3.05) is 0 Å². The van der Waals surface area contributed by atoms with Gasteiger partial charge in [-0.15, -0.1) is 0 Å². The molecule has 0 radical (unpaired) electrons. The van der Waals surface area contributed by atoms with Crippen molar-refractivity contribution in [2.45, 2.75) is 26.7 Å². The summed E-state index contributed by atoms with van der Waals surface area (Å²) in [4.78, 5) is 3.11. The van der Waals surface area contributed by atoms with E-state index in [0.29, 0.717) is 5.41 Å². The fraction of sp³-hybridized carbons (Fsp3) is 0.625. The van der Waals surface area contributed by atoms with Crippen LogP contribution < -0.4 is 4.99 Å². The molecule has 0 saturated heterocycles. The Morgan fingerprint density at radius 2 is 2.00 bits per heavy atom. The maximum absolute atomic E-state index is 3.11. The van der Waals surface area contributed by atoms with Gasteiger partial charge in [0.15, 0.2) is 12.4 Å². The zero-order chi connectivity index (χ0) is 6.74. The Kier molecular flexibility index (Phi) is 1.70. The summed E-state index contributed by atoms with van der Waals surface area (Å²) in [6.07, 6.45) is 8.84. The SMILES string of the molecule is CCC1(CC)C=C[NH+]=C1. The maximum atomic E-state index is 3.11. The summed E-state index contributed by atoms with van der Waals surface area (Å²) in [5, 5.41) is 0. The molecule has 1 heteroatoms. The maximum Gasteiger partial charge on any atom is 0.163 e. The standard InChI is InChI=1S/C8H13N/c1-3-8(4-2)5-6-9-7-8/h5-7H,3-4H2,1-2H3/p+1. The van der Waals surface area contributed by atoms with E-state index in [9.17, 15) is 0 Å². The highest BCUT2D eigenvalue weighted by Crippen LogP contribution is 2.24. The van der Waals surface area contributed by atoms with E-state index in [1.54, 1.807) is 0 Å². The van der Waals surface area contributed by atoms with Crippen LogP contribution in [0, 0.1) is 5.41 Å². The predicted molar refractivity (Wildman–Crippen MR) is 39.2 cm³/mol. The van der Waals surface area contributed by atoms with Gasteiger partial charge >= 0.3 is 0 Å².